The molecule has 0 bridgehead atoms. The minimum atomic E-state index is -3.64. The van der Waals surface area contributed by atoms with Crippen LogP contribution in [0.1, 0.15) is 37.8 Å². The van der Waals surface area contributed by atoms with Gasteiger partial charge in [-0.15, -0.1) is 0 Å². The molecule has 5 N–H and O–H groups in total. The van der Waals surface area contributed by atoms with Crippen molar-refractivity contribution in [1.82, 2.24) is 4.72 Å². The highest BCUT2D eigenvalue weighted by Gasteiger charge is 2.20. The summed E-state index contributed by atoms with van der Waals surface area (Å²) in [6.07, 6.45) is 1.77. The van der Waals surface area contributed by atoms with E-state index < -0.39 is 15.9 Å². The van der Waals surface area contributed by atoms with E-state index in [1.54, 1.807) is 6.07 Å². The van der Waals surface area contributed by atoms with Gasteiger partial charge in [0.1, 0.15) is 0 Å². The average molecular weight is 313 g/mol. The van der Waals surface area contributed by atoms with Gasteiger partial charge in [-0.3, -0.25) is 4.79 Å². The third-order valence-corrected chi connectivity index (χ3v) is 4.77. The molecular formula is C14H23N3O3S. The number of sulfonamides is 1. The summed E-state index contributed by atoms with van der Waals surface area (Å²) in [6, 6.07) is 3.47. The van der Waals surface area contributed by atoms with Gasteiger partial charge in [0.2, 0.25) is 15.9 Å². The van der Waals surface area contributed by atoms with Crippen LogP contribution in [0.4, 0.5) is 5.69 Å². The highest BCUT2D eigenvalue weighted by molar-refractivity contribution is 7.89. The summed E-state index contributed by atoms with van der Waals surface area (Å²) in [5, 5.41) is 0. The Labute approximate surface area is 126 Å². The van der Waals surface area contributed by atoms with Crippen molar-refractivity contribution in [1.29, 1.82) is 0 Å². The van der Waals surface area contributed by atoms with Crippen LogP contribution in [0.3, 0.4) is 0 Å². The van der Waals surface area contributed by atoms with Crippen LogP contribution in [-0.2, 0) is 27.7 Å². The number of rotatable bonds is 8. The van der Waals surface area contributed by atoms with Gasteiger partial charge in [-0.2, -0.15) is 0 Å². The van der Waals surface area contributed by atoms with Crippen molar-refractivity contribution in [3.63, 3.8) is 0 Å². The van der Waals surface area contributed by atoms with Crippen LogP contribution in [0.25, 0.3) is 0 Å². The van der Waals surface area contributed by atoms with Gasteiger partial charge in [0.05, 0.1) is 4.90 Å². The summed E-state index contributed by atoms with van der Waals surface area (Å²) in [6.45, 7) is 3.98. The van der Waals surface area contributed by atoms with Crippen molar-refractivity contribution in [2.45, 2.75) is 44.4 Å². The molecule has 0 spiro atoms. The van der Waals surface area contributed by atoms with Crippen LogP contribution in [0.15, 0.2) is 17.0 Å². The summed E-state index contributed by atoms with van der Waals surface area (Å²) >= 11 is 0. The number of carbonyl (C=O) groups excluding carboxylic acids is 1. The molecule has 0 aliphatic carbocycles. The first-order chi connectivity index (χ1) is 9.81. The van der Waals surface area contributed by atoms with Crippen molar-refractivity contribution in [3.05, 3.63) is 23.3 Å². The molecule has 1 aromatic carbocycles. The summed E-state index contributed by atoms with van der Waals surface area (Å²) in [5.74, 6) is -0.444. The Balaban J connectivity index is 3.01. The molecule has 0 unspecified atom stereocenters. The minimum absolute atomic E-state index is 0.153. The smallest absolute Gasteiger partial charge is 0.240 e. The third-order valence-electron chi connectivity index (χ3n) is 3.25. The molecule has 1 rings (SSSR count). The van der Waals surface area contributed by atoms with E-state index in [9.17, 15) is 13.2 Å². The van der Waals surface area contributed by atoms with Crippen molar-refractivity contribution < 1.29 is 13.2 Å². The topological polar surface area (TPSA) is 115 Å². The number of nitrogens with two attached hydrogens (primary N) is 2. The van der Waals surface area contributed by atoms with Crippen LogP contribution in [0.5, 0.6) is 0 Å². The predicted molar refractivity (Wildman–Crippen MR) is 83.2 cm³/mol. The highest BCUT2D eigenvalue weighted by Crippen LogP contribution is 2.25. The maximum Gasteiger partial charge on any atom is 0.240 e. The second-order valence-electron chi connectivity index (χ2n) is 4.84. The summed E-state index contributed by atoms with van der Waals surface area (Å²) in [7, 11) is -3.64. The molecule has 0 atom stereocenters. The van der Waals surface area contributed by atoms with Crippen LogP contribution < -0.4 is 16.2 Å². The molecule has 0 aliphatic heterocycles. The van der Waals surface area contributed by atoms with Gasteiger partial charge in [0.25, 0.3) is 0 Å². The Morgan fingerprint density at radius 3 is 2.43 bits per heavy atom. The Bertz CT molecular complexity index is 612. The van der Waals surface area contributed by atoms with Crippen LogP contribution in [0, 0.1) is 0 Å². The standard InChI is InChI=1S/C14H23N3O3S/c1-3-10-8-12(15)11(4-2)13(9-10)21(19,20)17-7-5-6-14(16)18/h8-9,17H,3-7,15H2,1-2H3,(H2,16,18). The van der Waals surface area contributed by atoms with E-state index in [0.717, 1.165) is 5.56 Å². The number of carbonyl (C=O) groups is 1. The number of nitrogen functional groups attached to an aromatic ring is 1. The van der Waals surface area contributed by atoms with Gasteiger partial charge in [0, 0.05) is 18.7 Å². The second-order valence-corrected chi connectivity index (χ2v) is 6.57. The lowest BCUT2D eigenvalue weighted by molar-refractivity contribution is -0.118. The quantitative estimate of drug-likeness (QED) is 0.489. The first-order valence-corrected chi connectivity index (χ1v) is 8.49. The minimum Gasteiger partial charge on any atom is -0.398 e. The van der Waals surface area contributed by atoms with Gasteiger partial charge in [-0.05, 0) is 42.5 Å². The largest absolute Gasteiger partial charge is 0.398 e. The molecule has 0 heterocycles. The molecule has 0 aliphatic rings. The zero-order valence-corrected chi connectivity index (χ0v) is 13.3. The lowest BCUT2D eigenvalue weighted by atomic mass is 10.1. The first-order valence-electron chi connectivity index (χ1n) is 7.01. The van der Waals surface area contributed by atoms with Crippen molar-refractivity contribution in [2.24, 2.45) is 5.73 Å². The molecular weight excluding hydrogens is 290 g/mol. The molecule has 0 saturated carbocycles. The van der Waals surface area contributed by atoms with Gasteiger partial charge in [0.15, 0.2) is 0 Å². The summed E-state index contributed by atoms with van der Waals surface area (Å²) in [4.78, 5) is 10.9. The van der Waals surface area contributed by atoms with Gasteiger partial charge in [-0.1, -0.05) is 13.8 Å². The van der Waals surface area contributed by atoms with Crippen molar-refractivity contribution in [2.75, 3.05) is 12.3 Å². The number of hydrogen-bond donors (Lipinski definition) is 3. The molecule has 1 amide bonds. The SMILES string of the molecule is CCc1cc(N)c(CC)c(S(=O)(=O)NCCCC(N)=O)c1. The molecule has 21 heavy (non-hydrogen) atoms. The molecule has 0 saturated heterocycles. The zero-order chi connectivity index (χ0) is 16.0. The maximum atomic E-state index is 12.4. The second kappa shape index (κ2) is 7.42. The van der Waals surface area contributed by atoms with Crippen molar-refractivity contribution in [3.8, 4) is 0 Å². The molecule has 6 nitrogen and oxygen atoms in total. The van der Waals surface area contributed by atoms with Gasteiger partial charge >= 0.3 is 0 Å². The van der Waals surface area contributed by atoms with E-state index in [1.807, 2.05) is 19.9 Å². The Morgan fingerprint density at radius 2 is 1.90 bits per heavy atom. The van der Waals surface area contributed by atoms with Crippen LogP contribution in [-0.4, -0.2) is 20.9 Å². The molecule has 7 heteroatoms. The summed E-state index contributed by atoms with van der Waals surface area (Å²) < 4.78 is 27.3. The number of nitrogens with one attached hydrogen (secondary N) is 1. The molecule has 0 fully saturated rings. The van der Waals surface area contributed by atoms with Gasteiger partial charge in [-0.25, -0.2) is 13.1 Å². The number of benzene rings is 1. The highest BCUT2D eigenvalue weighted by atomic mass is 32.2. The van der Waals surface area contributed by atoms with Gasteiger partial charge < -0.3 is 11.5 Å². The lowest BCUT2D eigenvalue weighted by Gasteiger charge is -2.14. The van der Waals surface area contributed by atoms with E-state index in [2.05, 4.69) is 4.72 Å². The first kappa shape index (κ1) is 17.5. The third kappa shape index (κ3) is 4.71. The number of primary amides is 1. The zero-order valence-electron chi connectivity index (χ0n) is 12.5. The van der Waals surface area contributed by atoms with Crippen molar-refractivity contribution >= 4 is 21.6 Å². The van der Waals surface area contributed by atoms with E-state index in [1.165, 1.54) is 0 Å². The fourth-order valence-corrected chi connectivity index (χ4v) is 3.56. The van der Waals surface area contributed by atoms with E-state index in [4.69, 9.17) is 11.5 Å². The lowest BCUT2D eigenvalue weighted by Crippen LogP contribution is -2.27. The molecule has 118 valence electrons. The van der Waals surface area contributed by atoms with E-state index >= 15 is 0 Å². The Hall–Kier alpha value is -1.60. The fourth-order valence-electron chi connectivity index (χ4n) is 2.10. The van der Waals surface area contributed by atoms with E-state index in [0.29, 0.717) is 30.5 Å². The Kier molecular flexibility index (Phi) is 6.17. The maximum absolute atomic E-state index is 12.4. The number of anilines is 1. The van der Waals surface area contributed by atoms with Crippen LogP contribution in [0.2, 0.25) is 0 Å². The number of amides is 1. The predicted octanol–water partition coefficient (Wildman–Crippen LogP) is 0.937. The average Bonchev–Trinajstić information content (AvgIpc) is 2.42. The normalized spacial score (nSPS) is 11.5. The van der Waals surface area contributed by atoms with E-state index in [-0.39, 0.29) is 17.9 Å². The molecule has 0 radical (unpaired) electrons. The number of hydrogen-bond acceptors (Lipinski definition) is 4. The fraction of sp³-hybridized carbons (Fsp3) is 0.500. The molecule has 0 aromatic heterocycles. The summed E-state index contributed by atoms with van der Waals surface area (Å²) in [5.41, 5.74) is 13.0. The van der Waals surface area contributed by atoms with Crippen LogP contribution >= 0.6 is 0 Å². The Morgan fingerprint density at radius 1 is 1.24 bits per heavy atom. The number of aryl methyl sites for hydroxylation is 1. The molecule has 1 aromatic rings. The monoisotopic (exact) mass is 313 g/mol.